The van der Waals surface area contributed by atoms with Crippen molar-refractivity contribution in [1.29, 1.82) is 0 Å². The maximum atomic E-state index is 10.5. The van der Waals surface area contributed by atoms with Crippen LogP contribution in [-0.2, 0) is 6.42 Å². The van der Waals surface area contributed by atoms with E-state index in [1.165, 1.54) is 0 Å². The van der Waals surface area contributed by atoms with E-state index in [4.69, 9.17) is 23.2 Å². The molecule has 0 aliphatic heterocycles. The van der Waals surface area contributed by atoms with E-state index < -0.39 is 5.60 Å². The van der Waals surface area contributed by atoms with E-state index in [2.05, 4.69) is 6.92 Å². The standard InChI is InChI=1S/C13H16Cl2O/c1-12(6-7-12)13(2,16)8-9-10(14)4-3-5-11(9)15/h3-5,16H,6-8H2,1-2H3. The molecule has 1 unspecified atom stereocenters. The Bertz CT molecular complexity index is 388. The molecule has 88 valence electrons. The van der Waals surface area contributed by atoms with E-state index in [1.807, 2.05) is 25.1 Å². The second-order valence-corrected chi connectivity index (χ2v) is 6.03. The largest absolute Gasteiger partial charge is 0.389 e. The first kappa shape index (κ1) is 12.2. The lowest BCUT2D eigenvalue weighted by Crippen LogP contribution is -2.37. The van der Waals surface area contributed by atoms with Crippen molar-refractivity contribution in [3.8, 4) is 0 Å². The van der Waals surface area contributed by atoms with Gasteiger partial charge in [0.05, 0.1) is 5.60 Å². The first-order valence-corrected chi connectivity index (χ1v) is 6.27. The second-order valence-electron chi connectivity index (χ2n) is 5.21. The summed E-state index contributed by atoms with van der Waals surface area (Å²) in [4.78, 5) is 0. The molecule has 2 rings (SSSR count). The van der Waals surface area contributed by atoms with E-state index in [0.717, 1.165) is 18.4 Å². The molecule has 1 aromatic carbocycles. The zero-order valence-corrected chi connectivity index (χ0v) is 11.1. The molecule has 3 heteroatoms. The smallest absolute Gasteiger partial charge is 0.0714 e. The summed E-state index contributed by atoms with van der Waals surface area (Å²) in [5.74, 6) is 0. The molecule has 0 amide bonds. The van der Waals surface area contributed by atoms with Gasteiger partial charge in [-0.1, -0.05) is 36.2 Å². The van der Waals surface area contributed by atoms with Gasteiger partial charge in [-0.25, -0.2) is 0 Å². The lowest BCUT2D eigenvalue weighted by Gasteiger charge is -2.31. The predicted molar refractivity (Wildman–Crippen MR) is 68.1 cm³/mol. The average Bonchev–Trinajstić information content (AvgIpc) is 2.92. The maximum Gasteiger partial charge on any atom is 0.0714 e. The molecule has 1 atom stereocenters. The third-order valence-corrected chi connectivity index (χ3v) is 4.59. The van der Waals surface area contributed by atoms with Crippen LogP contribution in [0, 0.1) is 5.41 Å². The van der Waals surface area contributed by atoms with E-state index >= 15 is 0 Å². The molecule has 1 saturated carbocycles. The number of hydrogen-bond acceptors (Lipinski definition) is 1. The summed E-state index contributed by atoms with van der Waals surface area (Å²) in [7, 11) is 0. The van der Waals surface area contributed by atoms with Crippen LogP contribution in [0.2, 0.25) is 10.0 Å². The van der Waals surface area contributed by atoms with Crippen LogP contribution in [0.25, 0.3) is 0 Å². The summed E-state index contributed by atoms with van der Waals surface area (Å²) in [6, 6.07) is 5.45. The zero-order chi connectivity index (χ0) is 12.0. The van der Waals surface area contributed by atoms with E-state index in [0.29, 0.717) is 16.5 Å². The molecule has 1 aromatic rings. The zero-order valence-electron chi connectivity index (χ0n) is 9.56. The summed E-state index contributed by atoms with van der Waals surface area (Å²) in [6.07, 6.45) is 2.66. The van der Waals surface area contributed by atoms with Crippen molar-refractivity contribution >= 4 is 23.2 Å². The summed E-state index contributed by atoms with van der Waals surface area (Å²) in [5, 5.41) is 11.8. The van der Waals surface area contributed by atoms with Gasteiger partial charge in [-0.3, -0.25) is 0 Å². The van der Waals surface area contributed by atoms with Gasteiger partial charge in [0.15, 0.2) is 0 Å². The molecule has 0 bridgehead atoms. The molecular formula is C13H16Cl2O. The number of rotatable bonds is 3. The molecule has 0 spiro atoms. The third-order valence-electron chi connectivity index (χ3n) is 3.88. The topological polar surface area (TPSA) is 20.2 Å². The van der Waals surface area contributed by atoms with Crippen molar-refractivity contribution in [2.24, 2.45) is 5.41 Å². The van der Waals surface area contributed by atoms with Crippen molar-refractivity contribution in [1.82, 2.24) is 0 Å². The first-order chi connectivity index (χ1) is 7.36. The summed E-state index contributed by atoms with van der Waals surface area (Å²) >= 11 is 12.2. The van der Waals surface area contributed by atoms with Crippen LogP contribution >= 0.6 is 23.2 Å². The van der Waals surface area contributed by atoms with Gasteiger partial charge in [0.1, 0.15) is 0 Å². The lowest BCUT2D eigenvalue weighted by atomic mass is 9.82. The fourth-order valence-electron chi connectivity index (χ4n) is 1.98. The Morgan fingerprint density at radius 1 is 1.31 bits per heavy atom. The van der Waals surface area contributed by atoms with Gasteiger partial charge in [-0.05, 0) is 42.9 Å². The fourth-order valence-corrected chi connectivity index (χ4v) is 2.52. The van der Waals surface area contributed by atoms with Crippen molar-refractivity contribution < 1.29 is 5.11 Å². The Balaban J connectivity index is 2.27. The Morgan fingerprint density at radius 2 is 1.81 bits per heavy atom. The SMILES string of the molecule is CC(O)(Cc1c(Cl)cccc1Cl)C1(C)CC1. The predicted octanol–water partition coefficient (Wildman–Crippen LogP) is 4.09. The van der Waals surface area contributed by atoms with Gasteiger partial charge >= 0.3 is 0 Å². The van der Waals surface area contributed by atoms with Gasteiger partial charge in [-0.2, -0.15) is 0 Å². The number of hydrogen-bond donors (Lipinski definition) is 1. The Morgan fingerprint density at radius 3 is 2.25 bits per heavy atom. The molecule has 1 aliphatic rings. The third kappa shape index (κ3) is 2.09. The van der Waals surface area contributed by atoms with Crippen LogP contribution in [0.15, 0.2) is 18.2 Å². The van der Waals surface area contributed by atoms with Gasteiger partial charge in [0.25, 0.3) is 0 Å². The van der Waals surface area contributed by atoms with E-state index in [-0.39, 0.29) is 5.41 Å². The minimum absolute atomic E-state index is 0.0233. The Hall–Kier alpha value is -0.240. The lowest BCUT2D eigenvalue weighted by molar-refractivity contribution is -0.00698. The quantitative estimate of drug-likeness (QED) is 0.866. The highest BCUT2D eigenvalue weighted by atomic mass is 35.5. The normalized spacial score (nSPS) is 21.6. The van der Waals surface area contributed by atoms with Crippen LogP contribution in [-0.4, -0.2) is 10.7 Å². The molecule has 1 N–H and O–H groups in total. The molecular weight excluding hydrogens is 243 g/mol. The molecule has 1 nitrogen and oxygen atoms in total. The van der Waals surface area contributed by atoms with Crippen LogP contribution in [0.1, 0.15) is 32.3 Å². The first-order valence-electron chi connectivity index (χ1n) is 5.51. The number of halogens is 2. The molecule has 16 heavy (non-hydrogen) atoms. The van der Waals surface area contributed by atoms with Gasteiger partial charge in [0.2, 0.25) is 0 Å². The average molecular weight is 259 g/mol. The maximum absolute atomic E-state index is 10.5. The molecule has 0 saturated heterocycles. The summed E-state index contributed by atoms with van der Waals surface area (Å²) in [6.45, 7) is 3.98. The fraction of sp³-hybridized carbons (Fsp3) is 0.538. The van der Waals surface area contributed by atoms with Crippen LogP contribution in [0.3, 0.4) is 0 Å². The molecule has 0 aromatic heterocycles. The van der Waals surface area contributed by atoms with Crippen LogP contribution in [0.4, 0.5) is 0 Å². The van der Waals surface area contributed by atoms with Crippen molar-refractivity contribution in [3.63, 3.8) is 0 Å². The van der Waals surface area contributed by atoms with Crippen molar-refractivity contribution in [2.75, 3.05) is 0 Å². The minimum Gasteiger partial charge on any atom is -0.389 e. The van der Waals surface area contributed by atoms with Gasteiger partial charge in [-0.15, -0.1) is 0 Å². The van der Waals surface area contributed by atoms with E-state index in [1.54, 1.807) is 0 Å². The van der Waals surface area contributed by atoms with Gasteiger partial charge < -0.3 is 5.11 Å². The minimum atomic E-state index is -0.734. The van der Waals surface area contributed by atoms with Crippen molar-refractivity contribution in [2.45, 2.75) is 38.7 Å². The van der Waals surface area contributed by atoms with Crippen molar-refractivity contribution in [3.05, 3.63) is 33.8 Å². The number of benzene rings is 1. The molecule has 1 aliphatic carbocycles. The molecule has 0 heterocycles. The summed E-state index contributed by atoms with van der Waals surface area (Å²) in [5.41, 5.74) is 0.140. The highest BCUT2D eigenvalue weighted by Gasteiger charge is 2.52. The highest BCUT2D eigenvalue weighted by molar-refractivity contribution is 6.36. The van der Waals surface area contributed by atoms with Crippen LogP contribution in [0.5, 0.6) is 0 Å². The molecule has 1 fully saturated rings. The van der Waals surface area contributed by atoms with E-state index in [9.17, 15) is 5.11 Å². The monoisotopic (exact) mass is 258 g/mol. The molecule has 0 radical (unpaired) electrons. The summed E-state index contributed by atoms with van der Waals surface area (Å²) < 4.78 is 0. The number of aliphatic hydroxyl groups is 1. The Kier molecular flexibility index (Phi) is 2.98. The Labute approximate surface area is 106 Å². The second kappa shape index (κ2) is 3.90. The van der Waals surface area contributed by atoms with Gasteiger partial charge in [0, 0.05) is 16.5 Å². The van der Waals surface area contributed by atoms with Crippen LogP contribution < -0.4 is 0 Å². The highest BCUT2D eigenvalue weighted by Crippen LogP contribution is 2.55.